The first-order valence-corrected chi connectivity index (χ1v) is 5.74. The fourth-order valence-electron chi connectivity index (χ4n) is 1.94. The second kappa shape index (κ2) is 6.80. The second-order valence-corrected chi connectivity index (χ2v) is 4.16. The highest BCUT2D eigenvalue weighted by atomic mass is 16.5. The number of carbonyl (C=O) groups is 1. The molecule has 4 heteroatoms. The third-order valence-corrected chi connectivity index (χ3v) is 3.04. The van der Waals surface area contributed by atoms with E-state index in [0.717, 1.165) is 38.9 Å². The van der Waals surface area contributed by atoms with E-state index >= 15 is 0 Å². The smallest absolute Gasteiger partial charge is 0.222 e. The Bertz CT molecular complexity index is 189. The highest BCUT2D eigenvalue weighted by Gasteiger charge is 2.21. The van der Waals surface area contributed by atoms with Crippen molar-refractivity contribution in [3.63, 3.8) is 0 Å². The standard InChI is InChI=1S/C11H22N2O2/c1-15-8-2-3-11(14)13-6-4-10(9-12)5-7-13/h10H,2-9,12H2,1H3. The molecule has 0 aliphatic carbocycles. The first-order valence-electron chi connectivity index (χ1n) is 5.74. The Kier molecular flexibility index (Phi) is 5.65. The van der Waals surface area contributed by atoms with Crippen LogP contribution in [0.3, 0.4) is 0 Å². The fourth-order valence-corrected chi connectivity index (χ4v) is 1.94. The summed E-state index contributed by atoms with van der Waals surface area (Å²) in [5, 5.41) is 0. The summed E-state index contributed by atoms with van der Waals surface area (Å²) in [7, 11) is 1.66. The van der Waals surface area contributed by atoms with Gasteiger partial charge in [0.05, 0.1) is 0 Å². The van der Waals surface area contributed by atoms with Crippen molar-refractivity contribution in [3.05, 3.63) is 0 Å². The summed E-state index contributed by atoms with van der Waals surface area (Å²) < 4.78 is 4.93. The SMILES string of the molecule is COCCCC(=O)N1CCC(CN)CC1. The number of piperidine rings is 1. The van der Waals surface area contributed by atoms with Crippen LogP contribution in [0.5, 0.6) is 0 Å². The zero-order valence-electron chi connectivity index (χ0n) is 9.58. The normalized spacial score (nSPS) is 18.1. The molecule has 0 radical (unpaired) electrons. The number of methoxy groups -OCH3 is 1. The van der Waals surface area contributed by atoms with Crippen molar-refractivity contribution in [2.45, 2.75) is 25.7 Å². The summed E-state index contributed by atoms with van der Waals surface area (Å²) in [6.45, 7) is 3.19. The van der Waals surface area contributed by atoms with Crippen LogP contribution in [0.15, 0.2) is 0 Å². The van der Waals surface area contributed by atoms with Gasteiger partial charge in [0, 0.05) is 33.2 Å². The molecule has 1 aliphatic rings. The van der Waals surface area contributed by atoms with Crippen LogP contribution < -0.4 is 5.73 Å². The molecular weight excluding hydrogens is 192 g/mol. The van der Waals surface area contributed by atoms with E-state index in [1.165, 1.54) is 0 Å². The number of likely N-dealkylation sites (tertiary alicyclic amines) is 1. The molecule has 2 N–H and O–H groups in total. The van der Waals surface area contributed by atoms with Crippen LogP contribution in [0.2, 0.25) is 0 Å². The summed E-state index contributed by atoms with van der Waals surface area (Å²) >= 11 is 0. The number of nitrogens with zero attached hydrogens (tertiary/aromatic N) is 1. The summed E-state index contributed by atoms with van der Waals surface area (Å²) in [6.07, 6.45) is 3.56. The molecule has 0 bridgehead atoms. The lowest BCUT2D eigenvalue weighted by molar-refractivity contribution is -0.132. The van der Waals surface area contributed by atoms with Crippen molar-refractivity contribution in [2.75, 3.05) is 33.4 Å². The van der Waals surface area contributed by atoms with E-state index in [-0.39, 0.29) is 5.91 Å². The van der Waals surface area contributed by atoms with E-state index < -0.39 is 0 Å². The Morgan fingerprint density at radius 2 is 2.13 bits per heavy atom. The van der Waals surface area contributed by atoms with Crippen LogP contribution in [0, 0.1) is 5.92 Å². The fraction of sp³-hybridized carbons (Fsp3) is 0.909. The van der Waals surface area contributed by atoms with Gasteiger partial charge >= 0.3 is 0 Å². The highest BCUT2D eigenvalue weighted by Crippen LogP contribution is 2.16. The Morgan fingerprint density at radius 1 is 1.47 bits per heavy atom. The first-order chi connectivity index (χ1) is 7.27. The van der Waals surface area contributed by atoms with Crippen LogP contribution in [0.25, 0.3) is 0 Å². The third kappa shape index (κ3) is 4.18. The molecule has 0 aromatic carbocycles. The highest BCUT2D eigenvalue weighted by molar-refractivity contribution is 5.76. The molecule has 0 aromatic rings. The number of hydrogen-bond donors (Lipinski definition) is 1. The number of hydrogen-bond acceptors (Lipinski definition) is 3. The first kappa shape index (κ1) is 12.5. The van der Waals surface area contributed by atoms with Gasteiger partial charge in [0.25, 0.3) is 0 Å². The zero-order chi connectivity index (χ0) is 11.1. The Labute approximate surface area is 91.8 Å². The van der Waals surface area contributed by atoms with Crippen LogP contribution in [-0.4, -0.2) is 44.2 Å². The van der Waals surface area contributed by atoms with E-state index in [2.05, 4.69) is 0 Å². The number of rotatable bonds is 5. The van der Waals surface area contributed by atoms with Gasteiger partial charge in [-0.25, -0.2) is 0 Å². The molecule has 1 rings (SSSR count). The van der Waals surface area contributed by atoms with Gasteiger partial charge in [-0.3, -0.25) is 4.79 Å². The Morgan fingerprint density at radius 3 is 2.67 bits per heavy atom. The van der Waals surface area contributed by atoms with Crippen LogP contribution in [0.1, 0.15) is 25.7 Å². The Hall–Kier alpha value is -0.610. The number of ether oxygens (including phenoxy) is 1. The van der Waals surface area contributed by atoms with Crippen molar-refractivity contribution in [3.8, 4) is 0 Å². The van der Waals surface area contributed by atoms with Gasteiger partial charge in [-0.05, 0) is 31.7 Å². The third-order valence-electron chi connectivity index (χ3n) is 3.04. The molecule has 4 nitrogen and oxygen atoms in total. The molecule has 0 saturated carbocycles. The largest absolute Gasteiger partial charge is 0.385 e. The van der Waals surface area contributed by atoms with Crippen molar-refractivity contribution in [1.29, 1.82) is 0 Å². The molecule has 0 spiro atoms. The summed E-state index contributed by atoms with van der Waals surface area (Å²) in [6, 6.07) is 0. The molecule has 15 heavy (non-hydrogen) atoms. The molecule has 1 amide bonds. The van der Waals surface area contributed by atoms with Crippen molar-refractivity contribution in [1.82, 2.24) is 4.90 Å². The summed E-state index contributed by atoms with van der Waals surface area (Å²) in [4.78, 5) is 13.7. The molecule has 0 aromatic heterocycles. The van der Waals surface area contributed by atoms with Gasteiger partial charge in [0.15, 0.2) is 0 Å². The minimum Gasteiger partial charge on any atom is -0.385 e. The molecule has 1 saturated heterocycles. The van der Waals surface area contributed by atoms with Crippen LogP contribution in [-0.2, 0) is 9.53 Å². The topological polar surface area (TPSA) is 55.6 Å². The maximum Gasteiger partial charge on any atom is 0.222 e. The second-order valence-electron chi connectivity index (χ2n) is 4.16. The van der Waals surface area contributed by atoms with Crippen LogP contribution in [0.4, 0.5) is 0 Å². The molecule has 1 aliphatic heterocycles. The number of nitrogens with two attached hydrogens (primary N) is 1. The monoisotopic (exact) mass is 214 g/mol. The quantitative estimate of drug-likeness (QED) is 0.682. The van der Waals surface area contributed by atoms with E-state index in [4.69, 9.17) is 10.5 Å². The number of amides is 1. The molecule has 0 unspecified atom stereocenters. The predicted molar refractivity (Wildman–Crippen MR) is 59.5 cm³/mol. The van der Waals surface area contributed by atoms with Crippen LogP contribution >= 0.6 is 0 Å². The van der Waals surface area contributed by atoms with Crippen molar-refractivity contribution >= 4 is 5.91 Å². The van der Waals surface area contributed by atoms with Gasteiger partial charge in [-0.15, -0.1) is 0 Å². The van der Waals surface area contributed by atoms with E-state index in [9.17, 15) is 4.79 Å². The Balaban J connectivity index is 2.18. The van der Waals surface area contributed by atoms with E-state index in [1.807, 2.05) is 4.90 Å². The van der Waals surface area contributed by atoms with Crippen molar-refractivity contribution < 1.29 is 9.53 Å². The molecule has 1 heterocycles. The minimum atomic E-state index is 0.266. The lowest BCUT2D eigenvalue weighted by Gasteiger charge is -2.31. The predicted octanol–water partition coefficient (Wildman–Crippen LogP) is 0.610. The molecule has 88 valence electrons. The van der Waals surface area contributed by atoms with Crippen molar-refractivity contribution in [2.24, 2.45) is 11.7 Å². The number of carbonyl (C=O) groups excluding carboxylic acids is 1. The lowest BCUT2D eigenvalue weighted by atomic mass is 9.97. The lowest BCUT2D eigenvalue weighted by Crippen LogP contribution is -2.40. The summed E-state index contributed by atoms with van der Waals surface area (Å²) in [5.41, 5.74) is 5.60. The van der Waals surface area contributed by atoms with Gasteiger partial charge < -0.3 is 15.4 Å². The minimum absolute atomic E-state index is 0.266. The average Bonchev–Trinajstić information content (AvgIpc) is 2.29. The van der Waals surface area contributed by atoms with Gasteiger partial charge in [-0.1, -0.05) is 0 Å². The maximum atomic E-state index is 11.7. The van der Waals surface area contributed by atoms with Gasteiger partial charge in [-0.2, -0.15) is 0 Å². The zero-order valence-corrected chi connectivity index (χ0v) is 9.58. The van der Waals surface area contributed by atoms with E-state index in [0.29, 0.717) is 18.9 Å². The summed E-state index contributed by atoms with van der Waals surface area (Å²) in [5.74, 6) is 0.885. The van der Waals surface area contributed by atoms with Gasteiger partial charge in [0.2, 0.25) is 5.91 Å². The molecule has 1 fully saturated rings. The van der Waals surface area contributed by atoms with Gasteiger partial charge in [0.1, 0.15) is 0 Å². The average molecular weight is 214 g/mol. The maximum absolute atomic E-state index is 11.7. The molecule has 0 atom stereocenters. The molecular formula is C11H22N2O2. The van der Waals surface area contributed by atoms with E-state index in [1.54, 1.807) is 7.11 Å².